The predicted octanol–water partition coefficient (Wildman–Crippen LogP) is 3.18. The highest BCUT2D eigenvalue weighted by Crippen LogP contribution is 2.38. The van der Waals surface area contributed by atoms with Gasteiger partial charge in [0.2, 0.25) is 10.0 Å². The number of carbonyl (C=O) groups is 2. The summed E-state index contributed by atoms with van der Waals surface area (Å²) in [6, 6.07) is 14.3. The van der Waals surface area contributed by atoms with Crippen LogP contribution in [-0.4, -0.2) is 61.7 Å². The number of thiophene rings is 1. The van der Waals surface area contributed by atoms with Crippen LogP contribution in [0.2, 0.25) is 0 Å². The summed E-state index contributed by atoms with van der Waals surface area (Å²) < 4.78 is 39.8. The van der Waals surface area contributed by atoms with Gasteiger partial charge in [0.15, 0.2) is 6.61 Å². The fourth-order valence-corrected chi connectivity index (χ4v) is 7.03. The molecule has 0 radical (unpaired) electrons. The summed E-state index contributed by atoms with van der Waals surface area (Å²) in [6.45, 7) is 3.29. The summed E-state index contributed by atoms with van der Waals surface area (Å²) in [6.07, 6.45) is 3.73. The monoisotopic (exact) mass is 688 g/mol. The molecule has 0 saturated heterocycles. The van der Waals surface area contributed by atoms with Crippen LogP contribution in [0.3, 0.4) is 0 Å². The Hall–Kier alpha value is -3.92. The van der Waals surface area contributed by atoms with Crippen LogP contribution < -0.4 is 26.0 Å². The van der Waals surface area contributed by atoms with Crippen LogP contribution in [-0.2, 0) is 44.0 Å². The number of sulfonamides is 1. The first kappa shape index (κ1) is 34.9. The molecular formula is C31H36N4O8S3. The van der Waals surface area contributed by atoms with Gasteiger partial charge in [-0.05, 0) is 61.1 Å². The number of nitrogens with zero attached hydrogens (tertiary/aromatic N) is 2. The maximum absolute atomic E-state index is 14.0. The summed E-state index contributed by atoms with van der Waals surface area (Å²) in [5, 5.41) is 2.86. The Bertz CT molecular complexity index is 1950. The average Bonchev–Trinajstić information content (AvgIpc) is 3.42. The van der Waals surface area contributed by atoms with Gasteiger partial charge in [-0.2, -0.15) is 0 Å². The Morgan fingerprint density at radius 3 is 2.39 bits per heavy atom. The van der Waals surface area contributed by atoms with E-state index in [1.807, 2.05) is 37.4 Å². The van der Waals surface area contributed by atoms with Gasteiger partial charge in [0.1, 0.15) is 17.1 Å². The van der Waals surface area contributed by atoms with Gasteiger partial charge in [-0.1, -0.05) is 25.1 Å². The Balaban J connectivity index is 1.91. The van der Waals surface area contributed by atoms with Crippen LogP contribution in [0.4, 0.5) is 0 Å². The van der Waals surface area contributed by atoms with Gasteiger partial charge in [0.05, 0.1) is 24.8 Å². The fraction of sp³-hybridized carbons (Fsp3) is 0.355. The van der Waals surface area contributed by atoms with Gasteiger partial charge >= 0.3 is 11.7 Å². The number of amides is 1. The van der Waals surface area contributed by atoms with E-state index in [1.54, 1.807) is 31.2 Å². The highest BCUT2D eigenvalue weighted by molar-refractivity contribution is 7.98. The van der Waals surface area contributed by atoms with Crippen molar-refractivity contribution < 1.29 is 27.5 Å². The molecule has 15 heteroatoms. The molecule has 1 amide bonds. The van der Waals surface area contributed by atoms with E-state index in [9.17, 15) is 27.6 Å². The largest absolute Gasteiger partial charge is 0.484 e. The molecule has 46 heavy (non-hydrogen) atoms. The van der Waals surface area contributed by atoms with Crippen molar-refractivity contribution in [1.82, 2.24) is 19.2 Å². The number of aromatic nitrogens is 2. The molecule has 0 saturated carbocycles. The summed E-state index contributed by atoms with van der Waals surface area (Å²) in [5.41, 5.74) is 0.395. The van der Waals surface area contributed by atoms with Crippen molar-refractivity contribution in [3.8, 4) is 16.2 Å². The van der Waals surface area contributed by atoms with E-state index in [0.717, 1.165) is 27.7 Å². The third-order valence-corrected chi connectivity index (χ3v) is 9.65. The zero-order valence-corrected chi connectivity index (χ0v) is 28.4. The normalized spacial score (nSPS) is 11.5. The predicted molar refractivity (Wildman–Crippen MR) is 180 cm³/mol. The second-order valence-corrected chi connectivity index (χ2v) is 13.9. The van der Waals surface area contributed by atoms with Gasteiger partial charge in [-0.25, -0.2) is 22.5 Å². The summed E-state index contributed by atoms with van der Waals surface area (Å²) in [4.78, 5) is 54.2. The van der Waals surface area contributed by atoms with Gasteiger partial charge in [-0.15, -0.1) is 23.1 Å². The van der Waals surface area contributed by atoms with Crippen molar-refractivity contribution in [3.63, 3.8) is 0 Å². The zero-order valence-electron chi connectivity index (χ0n) is 26.0. The van der Waals surface area contributed by atoms with E-state index in [4.69, 9.17) is 9.47 Å². The minimum Gasteiger partial charge on any atom is -0.484 e. The van der Waals surface area contributed by atoms with Crippen molar-refractivity contribution in [2.45, 2.75) is 44.8 Å². The highest BCUT2D eigenvalue weighted by atomic mass is 32.2. The number of fused-ring (bicyclic) bond motifs is 1. The lowest BCUT2D eigenvalue weighted by Crippen LogP contribution is -2.42. The molecule has 0 aliphatic rings. The number of hydrogen-bond acceptors (Lipinski definition) is 10. The molecule has 12 nitrogen and oxygen atoms in total. The number of ether oxygens (including phenoxy) is 2. The maximum atomic E-state index is 14.0. The number of carbonyl (C=O) groups excluding carboxylic acids is 2. The number of esters is 1. The molecule has 2 aromatic carbocycles. The van der Waals surface area contributed by atoms with Crippen LogP contribution in [0.1, 0.15) is 31.4 Å². The quantitative estimate of drug-likeness (QED) is 0.142. The van der Waals surface area contributed by atoms with Crippen molar-refractivity contribution in [2.75, 3.05) is 32.3 Å². The highest BCUT2D eigenvalue weighted by Gasteiger charge is 2.25. The van der Waals surface area contributed by atoms with Crippen LogP contribution in [0.15, 0.2) is 63.0 Å². The van der Waals surface area contributed by atoms with E-state index in [2.05, 4.69) is 10.0 Å². The molecule has 2 heterocycles. The summed E-state index contributed by atoms with van der Waals surface area (Å²) in [7, 11) is -3.68. The van der Waals surface area contributed by atoms with Crippen LogP contribution in [0, 0.1) is 0 Å². The molecule has 2 aromatic heterocycles. The lowest BCUT2D eigenvalue weighted by atomic mass is 10.1. The molecule has 4 rings (SSSR count). The third kappa shape index (κ3) is 8.46. The Morgan fingerprint density at radius 2 is 1.74 bits per heavy atom. The van der Waals surface area contributed by atoms with E-state index in [-0.39, 0.29) is 37.6 Å². The summed E-state index contributed by atoms with van der Waals surface area (Å²) >= 11 is 2.68. The number of hydrogen-bond donors (Lipinski definition) is 2. The lowest BCUT2D eigenvalue weighted by Gasteiger charge is -2.14. The molecule has 2 N–H and O–H groups in total. The Kier molecular flexibility index (Phi) is 11.8. The zero-order chi connectivity index (χ0) is 33.4. The SMILES string of the molecule is CCCNC(=O)COc1ccc(-c2sc3c(c2CNS(C)(=O)=O)c(=O)n(CC(=O)OCC)c(=O)n3Cc2ccccc2SC)cc1. The molecule has 0 atom stereocenters. The molecule has 0 spiro atoms. The maximum Gasteiger partial charge on any atom is 0.332 e. The molecule has 0 aliphatic carbocycles. The first-order valence-corrected chi connectivity index (χ1v) is 18.4. The average molecular weight is 689 g/mol. The van der Waals surface area contributed by atoms with E-state index < -0.39 is 33.8 Å². The minimum absolute atomic E-state index is 0.0698. The number of benzene rings is 2. The number of thioether (sulfide) groups is 1. The van der Waals surface area contributed by atoms with Gasteiger partial charge < -0.3 is 14.8 Å². The van der Waals surface area contributed by atoms with Crippen molar-refractivity contribution in [2.24, 2.45) is 0 Å². The molecule has 0 fully saturated rings. The topological polar surface area (TPSA) is 155 Å². The van der Waals surface area contributed by atoms with Crippen LogP contribution >= 0.6 is 23.1 Å². The first-order valence-electron chi connectivity index (χ1n) is 14.5. The van der Waals surface area contributed by atoms with Crippen LogP contribution in [0.5, 0.6) is 5.75 Å². The molecule has 0 bridgehead atoms. The van der Waals surface area contributed by atoms with Crippen molar-refractivity contribution in [3.05, 3.63) is 80.5 Å². The third-order valence-electron chi connectivity index (χ3n) is 6.84. The van der Waals surface area contributed by atoms with E-state index in [0.29, 0.717) is 33.1 Å². The molecular weight excluding hydrogens is 653 g/mol. The van der Waals surface area contributed by atoms with Gasteiger partial charge in [-0.3, -0.25) is 19.0 Å². The van der Waals surface area contributed by atoms with Crippen LogP contribution in [0.25, 0.3) is 20.7 Å². The van der Waals surface area contributed by atoms with Gasteiger partial charge in [0, 0.05) is 28.4 Å². The number of nitrogens with one attached hydrogen (secondary N) is 2. The lowest BCUT2D eigenvalue weighted by molar-refractivity contribution is -0.144. The van der Waals surface area contributed by atoms with Gasteiger partial charge in [0.25, 0.3) is 11.5 Å². The summed E-state index contributed by atoms with van der Waals surface area (Å²) in [5.74, 6) is -0.554. The second kappa shape index (κ2) is 15.6. The van der Waals surface area contributed by atoms with E-state index >= 15 is 0 Å². The Labute approximate surface area is 274 Å². The fourth-order valence-electron chi connectivity index (χ4n) is 4.71. The Morgan fingerprint density at radius 1 is 1.02 bits per heavy atom. The minimum atomic E-state index is -3.68. The second-order valence-electron chi connectivity index (χ2n) is 10.2. The smallest absolute Gasteiger partial charge is 0.332 e. The molecule has 246 valence electrons. The molecule has 0 aliphatic heterocycles. The van der Waals surface area contributed by atoms with Crippen molar-refractivity contribution in [1.29, 1.82) is 0 Å². The van der Waals surface area contributed by atoms with E-state index in [1.165, 1.54) is 27.7 Å². The molecule has 0 unspecified atom stereocenters. The standard InChI is InChI=1S/C31H36N4O8S3/c1-5-15-32-25(36)19-43-22-13-11-20(12-14-22)28-23(16-33-46(4,40)41)27-29(38)34(18-26(37)42-6-2)31(39)35(30(27)45-28)17-21-9-7-8-10-24(21)44-3/h7-14,33H,5-6,15-19H2,1-4H3,(H,32,36). The first-order chi connectivity index (χ1) is 22.0. The number of rotatable bonds is 15. The van der Waals surface area contributed by atoms with Crippen molar-refractivity contribution >= 4 is 55.2 Å². The molecule has 4 aromatic rings.